The molecule has 0 saturated heterocycles. The second kappa shape index (κ2) is 7.66. The molecule has 0 aliphatic carbocycles. The Bertz CT molecular complexity index is 831. The summed E-state index contributed by atoms with van der Waals surface area (Å²) in [4.78, 5) is 0. The molecule has 2 N–H and O–H groups in total. The zero-order valence-electron chi connectivity index (χ0n) is 17.8. The first-order chi connectivity index (χ1) is 12.7. The Morgan fingerprint density at radius 2 is 1.04 bits per heavy atom. The van der Waals surface area contributed by atoms with E-state index in [1.54, 1.807) is 38.1 Å². The summed E-state index contributed by atoms with van der Waals surface area (Å²) in [6.07, 6.45) is 0. The van der Waals surface area contributed by atoms with Crippen LogP contribution in [0.25, 0.3) is 0 Å². The minimum Gasteiger partial charge on any atom is -0.507 e. The Morgan fingerprint density at radius 3 is 1.32 bits per heavy atom. The summed E-state index contributed by atoms with van der Waals surface area (Å²) in [7, 11) is 0. The third kappa shape index (κ3) is 4.98. The first-order valence-corrected chi connectivity index (χ1v) is 10.2. The molecule has 0 aliphatic heterocycles. The second-order valence-corrected chi connectivity index (χ2v) is 9.89. The number of hydrogen-bond acceptors (Lipinski definition) is 5. The predicted octanol–water partition coefficient (Wildman–Crippen LogP) is 5.35. The highest BCUT2D eigenvalue weighted by Crippen LogP contribution is 2.38. The van der Waals surface area contributed by atoms with Crippen molar-refractivity contribution in [1.82, 2.24) is 0 Å². The lowest BCUT2D eigenvalue weighted by atomic mass is 9.85. The van der Waals surface area contributed by atoms with Crippen LogP contribution in [-0.4, -0.2) is 14.4 Å². The highest BCUT2D eigenvalue weighted by molar-refractivity contribution is 7.75. The highest BCUT2D eigenvalue weighted by atomic mass is 32.2. The maximum atomic E-state index is 12.4. The Morgan fingerprint density at radius 1 is 0.714 bits per heavy atom. The lowest BCUT2D eigenvalue weighted by Crippen LogP contribution is -2.14. The van der Waals surface area contributed by atoms with Gasteiger partial charge in [-0.3, -0.25) is 0 Å². The number of phenolic OH excluding ortho intramolecular Hbond substituents is 2. The molecule has 2 rings (SSSR count). The van der Waals surface area contributed by atoms with E-state index < -0.39 is 11.4 Å². The lowest BCUT2D eigenvalue weighted by Gasteiger charge is -2.23. The van der Waals surface area contributed by atoms with Crippen molar-refractivity contribution in [3.05, 3.63) is 46.5 Å². The summed E-state index contributed by atoms with van der Waals surface area (Å²) in [6, 6.07) is 6.58. The van der Waals surface area contributed by atoms with Crippen molar-refractivity contribution in [2.75, 3.05) is 0 Å². The monoisotopic (exact) mass is 406 g/mol. The highest BCUT2D eigenvalue weighted by Gasteiger charge is 2.23. The van der Waals surface area contributed by atoms with E-state index in [1.165, 1.54) is 0 Å². The van der Waals surface area contributed by atoms with Gasteiger partial charge in [-0.05, 0) is 60.1 Å². The molecule has 0 spiro atoms. The summed E-state index contributed by atoms with van der Waals surface area (Å²) in [5.41, 5.74) is 2.08. The van der Waals surface area contributed by atoms with Crippen molar-refractivity contribution in [2.45, 2.75) is 66.2 Å². The standard InChI is InChI=1S/C22H30O5S/c1-13-9-15(11-17(19(13)23)21(3,4)5)26-28(25)27-16-10-14(2)20(24)18(12-16)22(6,7)8/h9-12,23-24H,1-8H3. The number of benzene rings is 2. The molecule has 0 aromatic heterocycles. The molecule has 0 radical (unpaired) electrons. The normalized spacial score (nSPS) is 12.3. The average Bonchev–Trinajstić information content (AvgIpc) is 2.51. The summed E-state index contributed by atoms with van der Waals surface area (Å²) in [6.45, 7) is 15.4. The molecule has 0 amide bonds. The molecule has 0 unspecified atom stereocenters. The lowest BCUT2D eigenvalue weighted by molar-refractivity contribution is 0.430. The SMILES string of the molecule is Cc1cc(OS(=O)Oc2cc(C)c(O)c(C(C)(C)C)c2)cc(C(C)(C)C)c1O. The van der Waals surface area contributed by atoms with Gasteiger partial charge in [0.2, 0.25) is 0 Å². The molecule has 0 bridgehead atoms. The zero-order valence-corrected chi connectivity index (χ0v) is 18.7. The number of rotatable bonds is 4. The van der Waals surface area contributed by atoms with Gasteiger partial charge >= 0.3 is 11.4 Å². The van der Waals surface area contributed by atoms with Gasteiger partial charge in [0.15, 0.2) is 0 Å². The van der Waals surface area contributed by atoms with Crippen LogP contribution in [0.3, 0.4) is 0 Å². The van der Waals surface area contributed by atoms with Crippen LogP contribution < -0.4 is 8.37 Å². The fraction of sp³-hybridized carbons (Fsp3) is 0.455. The predicted molar refractivity (Wildman–Crippen MR) is 112 cm³/mol. The Kier molecular flexibility index (Phi) is 6.04. The smallest absolute Gasteiger partial charge is 0.417 e. The van der Waals surface area contributed by atoms with Gasteiger partial charge in [0, 0.05) is 11.1 Å². The van der Waals surface area contributed by atoms with E-state index in [-0.39, 0.29) is 22.3 Å². The second-order valence-electron chi connectivity index (χ2n) is 9.14. The molecule has 2 aromatic carbocycles. The molecular formula is C22H30O5S. The number of aryl methyl sites for hydroxylation is 2. The van der Waals surface area contributed by atoms with Gasteiger partial charge < -0.3 is 18.6 Å². The number of phenols is 2. The average molecular weight is 407 g/mol. The van der Waals surface area contributed by atoms with Gasteiger partial charge in [-0.25, -0.2) is 0 Å². The van der Waals surface area contributed by atoms with Gasteiger partial charge in [-0.2, -0.15) is 4.21 Å². The molecule has 5 nitrogen and oxygen atoms in total. The van der Waals surface area contributed by atoms with E-state index in [1.807, 2.05) is 41.5 Å². The largest absolute Gasteiger partial charge is 0.507 e. The molecule has 2 aromatic rings. The third-order valence-electron chi connectivity index (χ3n) is 4.49. The van der Waals surface area contributed by atoms with Crippen LogP contribution in [0, 0.1) is 13.8 Å². The molecule has 154 valence electrons. The Hall–Kier alpha value is -2.21. The summed E-state index contributed by atoms with van der Waals surface area (Å²) < 4.78 is 23.4. The molecule has 0 fully saturated rings. The molecule has 0 saturated carbocycles. The molecule has 6 heteroatoms. The Balaban J connectivity index is 2.29. The molecular weight excluding hydrogens is 376 g/mol. The van der Waals surface area contributed by atoms with Gasteiger partial charge in [0.05, 0.1) is 0 Å². The van der Waals surface area contributed by atoms with Crippen molar-refractivity contribution in [3.63, 3.8) is 0 Å². The zero-order chi connectivity index (χ0) is 21.4. The maximum Gasteiger partial charge on any atom is 0.417 e. The molecule has 0 aliphatic rings. The fourth-order valence-corrected chi connectivity index (χ4v) is 3.45. The van der Waals surface area contributed by atoms with Crippen molar-refractivity contribution in [2.24, 2.45) is 0 Å². The van der Waals surface area contributed by atoms with Gasteiger partial charge in [0.25, 0.3) is 0 Å². The summed E-state index contributed by atoms with van der Waals surface area (Å²) >= 11 is -2.09. The number of aromatic hydroxyl groups is 2. The molecule has 0 heterocycles. The van der Waals surface area contributed by atoms with E-state index in [4.69, 9.17) is 8.37 Å². The van der Waals surface area contributed by atoms with E-state index in [0.29, 0.717) is 33.8 Å². The van der Waals surface area contributed by atoms with Crippen LogP contribution in [0.15, 0.2) is 24.3 Å². The van der Waals surface area contributed by atoms with Gasteiger partial charge in [0.1, 0.15) is 23.0 Å². The fourth-order valence-electron chi connectivity index (χ4n) is 2.91. The molecule has 28 heavy (non-hydrogen) atoms. The van der Waals surface area contributed by atoms with Gasteiger partial charge in [-0.15, -0.1) is 0 Å². The summed E-state index contributed by atoms with van der Waals surface area (Å²) in [5, 5.41) is 20.6. The van der Waals surface area contributed by atoms with Crippen molar-refractivity contribution in [3.8, 4) is 23.0 Å². The van der Waals surface area contributed by atoms with Crippen LogP contribution in [0.2, 0.25) is 0 Å². The Labute approximate surface area is 170 Å². The van der Waals surface area contributed by atoms with E-state index in [9.17, 15) is 14.4 Å². The van der Waals surface area contributed by atoms with Crippen molar-refractivity contribution >= 4 is 11.4 Å². The van der Waals surface area contributed by atoms with Crippen LogP contribution in [0.5, 0.6) is 23.0 Å². The topological polar surface area (TPSA) is 76.0 Å². The van der Waals surface area contributed by atoms with Crippen LogP contribution >= 0.6 is 0 Å². The summed E-state index contributed by atoms with van der Waals surface area (Å²) in [5.74, 6) is 1.11. The third-order valence-corrected chi connectivity index (χ3v) is 5.15. The van der Waals surface area contributed by atoms with Crippen LogP contribution in [0.4, 0.5) is 0 Å². The van der Waals surface area contributed by atoms with Gasteiger partial charge in [-0.1, -0.05) is 41.5 Å². The van der Waals surface area contributed by atoms with E-state index in [0.717, 1.165) is 0 Å². The van der Waals surface area contributed by atoms with Crippen LogP contribution in [0.1, 0.15) is 63.8 Å². The van der Waals surface area contributed by atoms with Crippen molar-refractivity contribution < 1.29 is 22.8 Å². The first kappa shape index (κ1) is 22.1. The molecule has 0 atom stereocenters. The maximum absolute atomic E-state index is 12.4. The quantitative estimate of drug-likeness (QED) is 0.716. The number of hydrogen-bond donors (Lipinski definition) is 2. The van der Waals surface area contributed by atoms with E-state index >= 15 is 0 Å². The minimum absolute atomic E-state index is 0.204. The first-order valence-electron chi connectivity index (χ1n) is 9.16. The van der Waals surface area contributed by atoms with E-state index in [2.05, 4.69) is 0 Å². The van der Waals surface area contributed by atoms with Crippen LogP contribution in [-0.2, 0) is 22.2 Å². The minimum atomic E-state index is -2.09. The van der Waals surface area contributed by atoms with Crippen molar-refractivity contribution in [1.29, 1.82) is 0 Å².